The highest BCUT2D eigenvalue weighted by Crippen LogP contribution is 2.58. The zero-order valence-corrected chi connectivity index (χ0v) is 12.6. The van der Waals surface area contributed by atoms with Crippen molar-refractivity contribution in [1.29, 1.82) is 0 Å². The average molecular weight is 283 g/mol. The van der Waals surface area contributed by atoms with Crippen LogP contribution < -0.4 is 5.32 Å². The van der Waals surface area contributed by atoms with E-state index in [4.69, 9.17) is 5.11 Å². The Bertz CT molecular complexity index is 426. The zero-order chi connectivity index (χ0) is 15.3. The molecular formula is C15H25NO4. The van der Waals surface area contributed by atoms with E-state index < -0.39 is 29.3 Å². The van der Waals surface area contributed by atoms with Gasteiger partial charge in [-0.05, 0) is 24.2 Å². The number of carboxylic acids is 1. The molecule has 20 heavy (non-hydrogen) atoms. The minimum atomic E-state index is -0.904. The van der Waals surface area contributed by atoms with Crippen LogP contribution in [-0.2, 0) is 9.59 Å². The van der Waals surface area contributed by atoms with Crippen molar-refractivity contribution in [3.8, 4) is 0 Å². The highest BCUT2D eigenvalue weighted by atomic mass is 16.4. The van der Waals surface area contributed by atoms with Gasteiger partial charge < -0.3 is 15.5 Å². The molecule has 0 saturated heterocycles. The van der Waals surface area contributed by atoms with Crippen molar-refractivity contribution in [2.75, 3.05) is 6.54 Å². The van der Waals surface area contributed by atoms with Crippen molar-refractivity contribution in [3.63, 3.8) is 0 Å². The molecular weight excluding hydrogens is 258 g/mol. The molecule has 5 heteroatoms. The highest BCUT2D eigenvalue weighted by molar-refractivity contribution is 5.91. The van der Waals surface area contributed by atoms with Crippen molar-refractivity contribution < 1.29 is 19.8 Å². The third kappa shape index (κ3) is 2.43. The van der Waals surface area contributed by atoms with Crippen molar-refractivity contribution in [1.82, 2.24) is 5.32 Å². The van der Waals surface area contributed by atoms with E-state index in [0.29, 0.717) is 6.54 Å². The van der Waals surface area contributed by atoms with Crippen molar-refractivity contribution in [3.05, 3.63) is 0 Å². The second kappa shape index (κ2) is 4.72. The third-order valence-electron chi connectivity index (χ3n) is 5.14. The van der Waals surface area contributed by atoms with Gasteiger partial charge in [-0.25, -0.2) is 0 Å². The fourth-order valence-corrected chi connectivity index (χ4v) is 3.41. The molecule has 0 spiro atoms. The number of amides is 1. The van der Waals surface area contributed by atoms with Crippen LogP contribution in [0.1, 0.15) is 40.5 Å². The van der Waals surface area contributed by atoms with E-state index in [1.165, 1.54) is 0 Å². The van der Waals surface area contributed by atoms with Gasteiger partial charge in [-0.3, -0.25) is 9.59 Å². The molecule has 2 rings (SSSR count). The Hall–Kier alpha value is -1.10. The van der Waals surface area contributed by atoms with Gasteiger partial charge in [0.25, 0.3) is 0 Å². The summed E-state index contributed by atoms with van der Waals surface area (Å²) < 4.78 is 0. The largest absolute Gasteiger partial charge is 0.481 e. The molecule has 1 amide bonds. The molecule has 2 aliphatic carbocycles. The molecule has 2 saturated carbocycles. The first-order valence-electron chi connectivity index (χ1n) is 7.32. The summed E-state index contributed by atoms with van der Waals surface area (Å²) >= 11 is 0. The first-order valence-corrected chi connectivity index (χ1v) is 7.32. The van der Waals surface area contributed by atoms with Crippen LogP contribution >= 0.6 is 0 Å². The molecule has 0 aromatic carbocycles. The average Bonchev–Trinajstić information content (AvgIpc) is 3.21. The molecule has 2 aliphatic rings. The first kappa shape index (κ1) is 15.3. The van der Waals surface area contributed by atoms with Crippen LogP contribution in [-0.4, -0.2) is 34.7 Å². The summed E-state index contributed by atoms with van der Waals surface area (Å²) in [4.78, 5) is 23.2. The van der Waals surface area contributed by atoms with Crippen LogP contribution in [0.25, 0.3) is 0 Å². The molecule has 1 unspecified atom stereocenters. The molecule has 0 aromatic heterocycles. The molecule has 0 heterocycles. The Morgan fingerprint density at radius 1 is 1.25 bits per heavy atom. The summed E-state index contributed by atoms with van der Waals surface area (Å²) in [5.74, 6) is -1.97. The molecule has 3 atom stereocenters. The quantitative estimate of drug-likeness (QED) is 0.685. The van der Waals surface area contributed by atoms with Gasteiger partial charge in [0.2, 0.25) is 5.91 Å². The van der Waals surface area contributed by atoms with Crippen LogP contribution in [0.15, 0.2) is 0 Å². The lowest BCUT2D eigenvalue weighted by molar-refractivity contribution is -0.140. The lowest BCUT2D eigenvalue weighted by Crippen LogP contribution is -2.39. The van der Waals surface area contributed by atoms with E-state index in [-0.39, 0.29) is 17.2 Å². The monoisotopic (exact) mass is 283 g/mol. The highest BCUT2D eigenvalue weighted by Gasteiger charge is 2.66. The Labute approximate surface area is 119 Å². The molecule has 0 aromatic rings. The van der Waals surface area contributed by atoms with E-state index in [0.717, 1.165) is 12.8 Å². The lowest BCUT2D eigenvalue weighted by Gasteiger charge is -2.25. The topological polar surface area (TPSA) is 86.6 Å². The Morgan fingerprint density at radius 3 is 2.15 bits per heavy atom. The van der Waals surface area contributed by atoms with Gasteiger partial charge in [-0.1, -0.05) is 27.7 Å². The predicted molar refractivity (Wildman–Crippen MR) is 73.9 cm³/mol. The number of aliphatic carboxylic acids is 1. The van der Waals surface area contributed by atoms with Gasteiger partial charge in [0, 0.05) is 12.0 Å². The number of hydrogen-bond acceptors (Lipinski definition) is 3. The number of carbonyl (C=O) groups is 2. The Balaban J connectivity index is 1.90. The van der Waals surface area contributed by atoms with Crippen molar-refractivity contribution in [2.45, 2.75) is 46.6 Å². The maximum absolute atomic E-state index is 12.1. The SMILES string of the molecule is CC(C)C(O)C1(CNC(=O)[C@@H]2[C@H](C(=O)O)C2(C)C)CC1. The van der Waals surface area contributed by atoms with E-state index in [2.05, 4.69) is 5.32 Å². The summed E-state index contributed by atoms with van der Waals surface area (Å²) in [6.45, 7) is 8.01. The minimum Gasteiger partial charge on any atom is -0.481 e. The molecule has 2 fully saturated rings. The number of hydrogen-bond donors (Lipinski definition) is 3. The fraction of sp³-hybridized carbons (Fsp3) is 0.867. The van der Waals surface area contributed by atoms with Crippen LogP contribution in [0.5, 0.6) is 0 Å². The molecule has 3 N–H and O–H groups in total. The maximum Gasteiger partial charge on any atom is 0.307 e. The number of carboxylic acid groups (broad SMARTS) is 1. The molecule has 5 nitrogen and oxygen atoms in total. The second-order valence-corrected chi connectivity index (χ2v) is 7.38. The van der Waals surface area contributed by atoms with E-state index in [9.17, 15) is 14.7 Å². The van der Waals surface area contributed by atoms with Crippen LogP contribution in [0.3, 0.4) is 0 Å². The van der Waals surface area contributed by atoms with Gasteiger partial charge >= 0.3 is 5.97 Å². The van der Waals surface area contributed by atoms with E-state index in [1.54, 1.807) is 0 Å². The van der Waals surface area contributed by atoms with Crippen LogP contribution in [0, 0.1) is 28.6 Å². The number of rotatable bonds is 6. The maximum atomic E-state index is 12.1. The smallest absolute Gasteiger partial charge is 0.307 e. The molecule has 0 bridgehead atoms. The van der Waals surface area contributed by atoms with Gasteiger partial charge in [-0.2, -0.15) is 0 Å². The fourth-order valence-electron chi connectivity index (χ4n) is 3.41. The number of carbonyl (C=O) groups excluding carboxylic acids is 1. The standard InChI is InChI=1S/C15H25NO4/c1-8(2)11(17)15(5-6-15)7-16-12(18)9-10(13(19)20)14(9,3)4/h8-11,17H,5-7H2,1-4H3,(H,16,18)(H,19,20)/t9-,10+,11?/m0/s1. The molecule has 114 valence electrons. The number of nitrogens with one attached hydrogen (secondary N) is 1. The Morgan fingerprint density at radius 2 is 1.80 bits per heavy atom. The number of aliphatic hydroxyl groups is 1. The lowest BCUT2D eigenvalue weighted by atomic mass is 9.90. The van der Waals surface area contributed by atoms with E-state index >= 15 is 0 Å². The summed E-state index contributed by atoms with van der Waals surface area (Å²) in [7, 11) is 0. The van der Waals surface area contributed by atoms with Gasteiger partial charge in [0.1, 0.15) is 0 Å². The summed E-state index contributed by atoms with van der Waals surface area (Å²) in [6, 6.07) is 0. The summed E-state index contributed by atoms with van der Waals surface area (Å²) in [5, 5.41) is 22.1. The van der Waals surface area contributed by atoms with Gasteiger partial charge in [0.15, 0.2) is 0 Å². The van der Waals surface area contributed by atoms with Gasteiger partial charge in [-0.15, -0.1) is 0 Å². The third-order valence-corrected chi connectivity index (χ3v) is 5.14. The predicted octanol–water partition coefficient (Wildman–Crippen LogP) is 1.26. The first-order chi connectivity index (χ1) is 9.13. The second-order valence-electron chi connectivity index (χ2n) is 7.38. The normalized spacial score (nSPS) is 30.7. The summed E-state index contributed by atoms with van der Waals surface area (Å²) in [5.41, 5.74) is -0.662. The van der Waals surface area contributed by atoms with Crippen molar-refractivity contribution in [2.24, 2.45) is 28.6 Å². The van der Waals surface area contributed by atoms with Gasteiger partial charge in [0.05, 0.1) is 17.9 Å². The molecule has 0 aliphatic heterocycles. The molecule has 0 radical (unpaired) electrons. The van der Waals surface area contributed by atoms with E-state index in [1.807, 2.05) is 27.7 Å². The van der Waals surface area contributed by atoms with Crippen LogP contribution in [0.2, 0.25) is 0 Å². The van der Waals surface area contributed by atoms with Crippen molar-refractivity contribution >= 4 is 11.9 Å². The number of aliphatic hydroxyl groups excluding tert-OH is 1. The summed E-state index contributed by atoms with van der Waals surface area (Å²) in [6.07, 6.45) is 1.43. The minimum absolute atomic E-state index is 0.165. The Kier molecular flexibility index (Phi) is 3.61. The zero-order valence-electron chi connectivity index (χ0n) is 12.6. The van der Waals surface area contributed by atoms with Crippen LogP contribution in [0.4, 0.5) is 0 Å².